The first-order valence-corrected chi connectivity index (χ1v) is 8.22. The Balaban J connectivity index is 1.55. The Morgan fingerprint density at radius 3 is 2.48 bits per heavy atom. The Kier molecular flexibility index (Phi) is 3.48. The van der Waals surface area contributed by atoms with Crippen molar-refractivity contribution < 1.29 is 0 Å². The lowest BCUT2D eigenvalue weighted by Crippen LogP contribution is -2.34. The molecule has 1 saturated heterocycles. The van der Waals surface area contributed by atoms with Crippen LogP contribution in [-0.4, -0.2) is 32.9 Å². The van der Waals surface area contributed by atoms with Gasteiger partial charge >= 0.3 is 0 Å². The van der Waals surface area contributed by atoms with Gasteiger partial charge in [-0.2, -0.15) is 5.10 Å². The fourth-order valence-corrected chi connectivity index (χ4v) is 3.51. The molecule has 0 saturated carbocycles. The van der Waals surface area contributed by atoms with Crippen LogP contribution in [0.4, 0.5) is 5.82 Å². The molecule has 1 aromatic carbocycles. The molecule has 5 nitrogen and oxygen atoms in total. The van der Waals surface area contributed by atoms with Crippen LogP contribution in [0.2, 0.25) is 0 Å². The quantitative estimate of drug-likeness (QED) is 0.730. The van der Waals surface area contributed by atoms with E-state index in [4.69, 9.17) is 0 Å². The summed E-state index contributed by atoms with van der Waals surface area (Å²) >= 11 is 0. The van der Waals surface area contributed by atoms with Crippen LogP contribution in [-0.2, 0) is 0 Å². The highest BCUT2D eigenvalue weighted by Crippen LogP contribution is 2.30. The lowest BCUT2D eigenvalue weighted by Gasteiger charge is -2.33. The summed E-state index contributed by atoms with van der Waals surface area (Å²) in [5, 5.41) is 13.3. The zero-order valence-electron chi connectivity index (χ0n) is 13.6. The molecular formula is C18H21N5. The summed E-state index contributed by atoms with van der Waals surface area (Å²) in [6.07, 6.45) is 2.31. The zero-order valence-corrected chi connectivity index (χ0v) is 13.6. The third kappa shape index (κ3) is 2.56. The first-order valence-electron chi connectivity index (χ1n) is 8.22. The van der Waals surface area contributed by atoms with E-state index in [1.165, 1.54) is 5.56 Å². The molecule has 0 amide bonds. The van der Waals surface area contributed by atoms with Gasteiger partial charge in [0, 0.05) is 19.2 Å². The molecule has 3 aromatic rings. The van der Waals surface area contributed by atoms with E-state index in [-0.39, 0.29) is 0 Å². The number of rotatable bonds is 2. The molecule has 1 aliphatic rings. The summed E-state index contributed by atoms with van der Waals surface area (Å²) < 4.78 is 1.90. The number of benzene rings is 1. The highest BCUT2D eigenvalue weighted by Gasteiger charge is 2.23. The van der Waals surface area contributed by atoms with Gasteiger partial charge in [-0.3, -0.25) is 0 Å². The van der Waals surface area contributed by atoms with Gasteiger partial charge in [0.1, 0.15) is 0 Å². The predicted molar refractivity (Wildman–Crippen MR) is 90.9 cm³/mol. The van der Waals surface area contributed by atoms with Gasteiger partial charge < -0.3 is 4.90 Å². The van der Waals surface area contributed by atoms with Crippen molar-refractivity contribution in [2.75, 3.05) is 18.0 Å². The van der Waals surface area contributed by atoms with Crippen molar-refractivity contribution in [1.82, 2.24) is 19.8 Å². The Hall–Kier alpha value is -2.43. The molecule has 23 heavy (non-hydrogen) atoms. The molecule has 1 aliphatic heterocycles. The molecule has 3 heterocycles. The van der Waals surface area contributed by atoms with Crippen LogP contribution < -0.4 is 4.90 Å². The molecule has 0 bridgehead atoms. The molecule has 1 fully saturated rings. The van der Waals surface area contributed by atoms with Gasteiger partial charge in [0.2, 0.25) is 0 Å². The first kappa shape index (κ1) is 14.2. The van der Waals surface area contributed by atoms with E-state index in [0.717, 1.165) is 48.8 Å². The number of piperidine rings is 1. The van der Waals surface area contributed by atoms with Crippen LogP contribution in [0.5, 0.6) is 0 Å². The lowest BCUT2D eigenvalue weighted by atomic mass is 9.89. The number of nitrogens with zero attached hydrogens (tertiary/aromatic N) is 5. The monoisotopic (exact) mass is 307 g/mol. The largest absolute Gasteiger partial charge is 0.354 e. The molecule has 0 spiro atoms. The molecule has 0 unspecified atom stereocenters. The Bertz CT molecular complexity index is 816. The maximum Gasteiger partial charge on any atom is 0.177 e. The van der Waals surface area contributed by atoms with Crippen molar-refractivity contribution >= 4 is 11.5 Å². The van der Waals surface area contributed by atoms with Gasteiger partial charge in [0.05, 0.1) is 11.4 Å². The third-order valence-electron chi connectivity index (χ3n) is 4.77. The average molecular weight is 307 g/mol. The van der Waals surface area contributed by atoms with Gasteiger partial charge in [0.25, 0.3) is 0 Å². The van der Waals surface area contributed by atoms with Crippen molar-refractivity contribution in [1.29, 1.82) is 0 Å². The number of hydrogen-bond acceptors (Lipinski definition) is 4. The molecule has 118 valence electrons. The highest BCUT2D eigenvalue weighted by molar-refractivity contribution is 5.49. The standard InChI is InChI=1S/C18H21N5/c1-13-12-17-19-20-18(14(2)23(17)21-13)22-10-8-16(9-11-22)15-6-4-3-5-7-15/h3-7,12,16H,8-11H2,1-2H3. The van der Waals surface area contributed by atoms with E-state index in [0.29, 0.717) is 5.92 Å². The van der Waals surface area contributed by atoms with Gasteiger partial charge in [-0.1, -0.05) is 30.3 Å². The van der Waals surface area contributed by atoms with Crippen LogP contribution in [0, 0.1) is 13.8 Å². The second-order valence-electron chi connectivity index (χ2n) is 6.34. The van der Waals surface area contributed by atoms with E-state index >= 15 is 0 Å². The molecule has 2 aromatic heterocycles. The van der Waals surface area contributed by atoms with Crippen molar-refractivity contribution in [3.63, 3.8) is 0 Å². The molecule has 4 rings (SSSR count). The second kappa shape index (κ2) is 5.65. The summed E-state index contributed by atoms with van der Waals surface area (Å²) in [6.45, 7) is 6.09. The van der Waals surface area contributed by atoms with Crippen LogP contribution in [0.1, 0.15) is 35.7 Å². The lowest BCUT2D eigenvalue weighted by molar-refractivity contribution is 0.499. The Labute approximate surface area is 136 Å². The van der Waals surface area contributed by atoms with Crippen LogP contribution in [0.25, 0.3) is 5.65 Å². The van der Waals surface area contributed by atoms with Gasteiger partial charge in [0.15, 0.2) is 11.5 Å². The van der Waals surface area contributed by atoms with Crippen molar-refractivity contribution in [3.8, 4) is 0 Å². The minimum absolute atomic E-state index is 0.649. The zero-order chi connectivity index (χ0) is 15.8. The topological polar surface area (TPSA) is 46.3 Å². The van der Waals surface area contributed by atoms with E-state index < -0.39 is 0 Å². The third-order valence-corrected chi connectivity index (χ3v) is 4.77. The van der Waals surface area contributed by atoms with Crippen molar-refractivity contribution in [2.45, 2.75) is 32.6 Å². The first-order chi connectivity index (χ1) is 11.2. The van der Waals surface area contributed by atoms with E-state index in [9.17, 15) is 0 Å². The summed E-state index contributed by atoms with van der Waals surface area (Å²) in [4.78, 5) is 2.35. The summed E-state index contributed by atoms with van der Waals surface area (Å²) in [6, 6.07) is 12.8. The average Bonchev–Trinajstić information content (AvgIpc) is 2.98. The Morgan fingerprint density at radius 1 is 1.00 bits per heavy atom. The number of hydrogen-bond donors (Lipinski definition) is 0. The van der Waals surface area contributed by atoms with Crippen LogP contribution in [0.15, 0.2) is 36.4 Å². The Morgan fingerprint density at radius 2 is 1.74 bits per heavy atom. The molecule has 0 aliphatic carbocycles. The minimum atomic E-state index is 0.649. The highest BCUT2D eigenvalue weighted by atomic mass is 15.4. The SMILES string of the molecule is Cc1cc2nnc(N3CCC(c4ccccc4)CC3)c(C)n2n1. The van der Waals surface area contributed by atoms with Gasteiger partial charge in [-0.15, -0.1) is 10.2 Å². The molecule has 5 heteroatoms. The number of aromatic nitrogens is 4. The van der Waals surface area contributed by atoms with E-state index in [1.54, 1.807) is 0 Å². The maximum absolute atomic E-state index is 4.52. The molecule has 0 atom stereocenters. The maximum atomic E-state index is 4.52. The minimum Gasteiger partial charge on any atom is -0.354 e. The van der Waals surface area contributed by atoms with Crippen LogP contribution in [0.3, 0.4) is 0 Å². The summed E-state index contributed by atoms with van der Waals surface area (Å²) in [5.74, 6) is 1.61. The van der Waals surface area contributed by atoms with Crippen LogP contribution >= 0.6 is 0 Å². The molecule has 0 N–H and O–H groups in total. The van der Waals surface area contributed by atoms with E-state index in [2.05, 4.69) is 57.5 Å². The normalized spacial score (nSPS) is 16.2. The van der Waals surface area contributed by atoms with E-state index in [1.807, 2.05) is 17.5 Å². The smallest absolute Gasteiger partial charge is 0.177 e. The van der Waals surface area contributed by atoms with Gasteiger partial charge in [-0.05, 0) is 38.2 Å². The number of anilines is 1. The van der Waals surface area contributed by atoms with Crippen molar-refractivity contribution in [3.05, 3.63) is 53.3 Å². The fraction of sp³-hybridized carbons (Fsp3) is 0.389. The number of aryl methyl sites for hydroxylation is 2. The molecular weight excluding hydrogens is 286 g/mol. The fourth-order valence-electron chi connectivity index (χ4n) is 3.51. The second-order valence-corrected chi connectivity index (χ2v) is 6.34. The summed E-state index contributed by atoms with van der Waals surface area (Å²) in [7, 11) is 0. The van der Waals surface area contributed by atoms with Gasteiger partial charge in [-0.25, -0.2) is 4.52 Å². The molecule has 0 radical (unpaired) electrons. The summed E-state index contributed by atoms with van der Waals surface area (Å²) in [5.41, 5.74) is 4.32. The predicted octanol–water partition coefficient (Wildman–Crippen LogP) is 3.13. The number of fused-ring (bicyclic) bond motifs is 1. The van der Waals surface area contributed by atoms with Crippen molar-refractivity contribution in [2.24, 2.45) is 0 Å².